The third kappa shape index (κ3) is 1.94. The molecule has 0 aromatic heterocycles. The molecule has 1 fully saturated rings. The van der Waals surface area contributed by atoms with Crippen LogP contribution < -0.4 is 0 Å². The first kappa shape index (κ1) is 11.4. The zero-order valence-corrected chi connectivity index (χ0v) is 11.7. The molecule has 2 aliphatic rings. The van der Waals surface area contributed by atoms with Crippen molar-refractivity contribution in [3.8, 4) is 0 Å². The average Bonchev–Trinajstić information content (AvgIpc) is 2.62. The van der Waals surface area contributed by atoms with Crippen molar-refractivity contribution in [3.63, 3.8) is 0 Å². The van der Waals surface area contributed by atoms with Crippen LogP contribution in [0, 0.1) is 11.8 Å². The van der Waals surface area contributed by atoms with Crippen molar-refractivity contribution in [1.82, 2.24) is 0 Å². The second-order valence-electron chi connectivity index (χ2n) is 6.63. The Hall–Kier alpha value is -0.0831. The van der Waals surface area contributed by atoms with Gasteiger partial charge in [0, 0.05) is 11.8 Å². The van der Waals surface area contributed by atoms with Gasteiger partial charge in [0.25, 0.3) is 0 Å². The molecule has 2 heteroatoms. The van der Waals surface area contributed by atoms with E-state index in [0.717, 1.165) is 11.8 Å². The first-order valence-corrected chi connectivity index (χ1v) is 9.08. The topological polar surface area (TPSA) is 9.23 Å². The van der Waals surface area contributed by atoms with E-state index in [1.54, 1.807) is 0 Å². The van der Waals surface area contributed by atoms with E-state index in [4.69, 9.17) is 4.43 Å². The van der Waals surface area contributed by atoms with Gasteiger partial charge in [-0.3, -0.25) is 0 Å². The molecule has 0 N–H and O–H groups in total. The molecule has 0 aromatic rings. The molecule has 0 aromatic carbocycles. The maximum atomic E-state index is 6.53. The van der Waals surface area contributed by atoms with Crippen molar-refractivity contribution >= 4 is 8.32 Å². The molecule has 0 radical (unpaired) electrons. The van der Waals surface area contributed by atoms with Crippen LogP contribution in [0.5, 0.6) is 0 Å². The summed E-state index contributed by atoms with van der Waals surface area (Å²) in [5.41, 5.74) is 0. The van der Waals surface area contributed by atoms with Gasteiger partial charge in [-0.15, -0.1) is 0 Å². The number of rotatable bonds is 2. The maximum Gasteiger partial charge on any atom is 0.192 e. The van der Waals surface area contributed by atoms with E-state index >= 15 is 0 Å². The minimum atomic E-state index is -1.55. The van der Waals surface area contributed by atoms with Crippen LogP contribution in [0.3, 0.4) is 0 Å². The second-order valence-corrected chi connectivity index (χ2v) is 11.4. The molecule has 2 aliphatic carbocycles. The second kappa shape index (κ2) is 3.46. The molecule has 1 nitrogen and oxygen atoms in total. The van der Waals surface area contributed by atoms with E-state index in [2.05, 4.69) is 46.0 Å². The molecule has 0 amide bonds. The Labute approximate surface area is 95.0 Å². The lowest BCUT2D eigenvalue weighted by molar-refractivity contribution is 0.145. The SMILES string of the molecule is CC(C)(C)[Si](C)(C)OC1[C@@H]2C=C[C@H]1CC2. The summed E-state index contributed by atoms with van der Waals surface area (Å²) in [5, 5.41) is 0.342. The van der Waals surface area contributed by atoms with E-state index in [9.17, 15) is 0 Å². The van der Waals surface area contributed by atoms with Crippen LogP contribution in [-0.4, -0.2) is 14.4 Å². The molecule has 86 valence electrons. The van der Waals surface area contributed by atoms with Gasteiger partial charge < -0.3 is 4.43 Å². The first-order valence-electron chi connectivity index (χ1n) is 6.17. The zero-order chi connectivity index (χ0) is 11.3. The van der Waals surface area contributed by atoms with Crippen LogP contribution >= 0.6 is 0 Å². The third-order valence-electron chi connectivity index (χ3n) is 4.52. The van der Waals surface area contributed by atoms with Crippen molar-refractivity contribution < 1.29 is 4.43 Å². The minimum Gasteiger partial charge on any atom is -0.413 e. The van der Waals surface area contributed by atoms with Gasteiger partial charge in [-0.05, 0) is 31.0 Å². The monoisotopic (exact) mass is 224 g/mol. The summed E-state index contributed by atoms with van der Waals surface area (Å²) in [7, 11) is -1.55. The molecule has 0 aliphatic heterocycles. The zero-order valence-electron chi connectivity index (χ0n) is 10.7. The molecule has 1 saturated carbocycles. The van der Waals surface area contributed by atoms with Crippen molar-refractivity contribution in [2.24, 2.45) is 11.8 Å². The smallest absolute Gasteiger partial charge is 0.192 e. The fourth-order valence-electron chi connectivity index (χ4n) is 2.42. The summed E-state index contributed by atoms with van der Waals surface area (Å²) in [6, 6.07) is 0. The van der Waals surface area contributed by atoms with Crippen LogP contribution in [0.4, 0.5) is 0 Å². The van der Waals surface area contributed by atoms with Crippen LogP contribution in [0.2, 0.25) is 18.1 Å². The van der Waals surface area contributed by atoms with E-state index in [0.29, 0.717) is 11.1 Å². The summed E-state index contributed by atoms with van der Waals surface area (Å²) < 4.78 is 6.53. The number of fused-ring (bicyclic) bond motifs is 2. The fraction of sp³-hybridized carbons (Fsp3) is 0.846. The van der Waals surface area contributed by atoms with Gasteiger partial charge in [0.1, 0.15) is 0 Å². The highest BCUT2D eigenvalue weighted by Crippen LogP contribution is 2.46. The van der Waals surface area contributed by atoms with Crippen LogP contribution in [0.15, 0.2) is 12.2 Å². The summed E-state index contributed by atoms with van der Waals surface area (Å²) in [5.74, 6) is 1.45. The lowest BCUT2D eigenvalue weighted by Gasteiger charge is -2.39. The van der Waals surface area contributed by atoms with Crippen molar-refractivity contribution in [1.29, 1.82) is 0 Å². The third-order valence-corrected chi connectivity index (χ3v) is 8.99. The Balaban J connectivity index is 2.04. The average molecular weight is 224 g/mol. The Morgan fingerprint density at radius 1 is 1.07 bits per heavy atom. The number of hydrogen-bond acceptors (Lipinski definition) is 1. The molecule has 2 bridgehead atoms. The van der Waals surface area contributed by atoms with Crippen LogP contribution in [-0.2, 0) is 4.43 Å². The largest absolute Gasteiger partial charge is 0.413 e. The maximum absolute atomic E-state index is 6.53. The predicted molar refractivity (Wildman–Crippen MR) is 67.4 cm³/mol. The standard InChI is InChI=1S/C13H24OSi/c1-13(2,3)15(4,5)14-12-10-6-7-11(12)9-8-10/h6-7,10-12H,8-9H2,1-5H3/t10-,11+,12?. The predicted octanol–water partition coefficient (Wildman–Crippen LogP) is 3.97. The summed E-state index contributed by atoms with van der Waals surface area (Å²) >= 11 is 0. The highest BCUT2D eigenvalue weighted by molar-refractivity contribution is 6.74. The van der Waals surface area contributed by atoms with E-state index in [1.165, 1.54) is 12.8 Å². The fourth-order valence-corrected chi connectivity index (χ4v) is 3.80. The van der Waals surface area contributed by atoms with Gasteiger partial charge in [-0.1, -0.05) is 32.9 Å². The Morgan fingerprint density at radius 2 is 1.53 bits per heavy atom. The normalized spacial score (nSPS) is 35.1. The highest BCUT2D eigenvalue weighted by Gasteiger charge is 2.45. The summed E-state index contributed by atoms with van der Waals surface area (Å²) in [6.07, 6.45) is 7.98. The minimum absolute atomic E-state index is 0.342. The van der Waals surface area contributed by atoms with Crippen molar-refractivity contribution in [3.05, 3.63) is 12.2 Å². The highest BCUT2D eigenvalue weighted by atomic mass is 28.4. The summed E-state index contributed by atoms with van der Waals surface area (Å²) in [6.45, 7) is 11.7. The van der Waals surface area contributed by atoms with Gasteiger partial charge >= 0.3 is 0 Å². The van der Waals surface area contributed by atoms with Crippen molar-refractivity contribution in [2.75, 3.05) is 0 Å². The molecular weight excluding hydrogens is 200 g/mol. The molecule has 0 spiro atoms. The van der Waals surface area contributed by atoms with Gasteiger partial charge in [-0.25, -0.2) is 0 Å². The van der Waals surface area contributed by atoms with Gasteiger partial charge in [0.15, 0.2) is 8.32 Å². The number of hydrogen-bond donors (Lipinski definition) is 0. The van der Waals surface area contributed by atoms with Crippen LogP contribution in [0.1, 0.15) is 33.6 Å². The molecule has 0 heterocycles. The molecule has 3 atom stereocenters. The van der Waals surface area contributed by atoms with E-state index < -0.39 is 8.32 Å². The lowest BCUT2D eigenvalue weighted by atomic mass is 10.1. The molecule has 0 saturated heterocycles. The lowest BCUT2D eigenvalue weighted by Crippen LogP contribution is -2.45. The first-order chi connectivity index (χ1) is 6.81. The van der Waals surface area contributed by atoms with Gasteiger partial charge in [0.05, 0.1) is 6.10 Å². The van der Waals surface area contributed by atoms with E-state index in [-0.39, 0.29) is 0 Å². The van der Waals surface area contributed by atoms with Crippen molar-refractivity contribution in [2.45, 2.75) is 57.8 Å². The Morgan fingerprint density at radius 3 is 1.87 bits per heavy atom. The molecule has 15 heavy (non-hydrogen) atoms. The molecular formula is C13H24OSi. The quantitative estimate of drug-likeness (QED) is 0.509. The molecule has 2 rings (SSSR count). The van der Waals surface area contributed by atoms with E-state index in [1.807, 2.05) is 0 Å². The van der Waals surface area contributed by atoms with Gasteiger partial charge in [0.2, 0.25) is 0 Å². The Bertz CT molecular complexity index is 261. The van der Waals surface area contributed by atoms with Crippen LogP contribution in [0.25, 0.3) is 0 Å². The summed E-state index contributed by atoms with van der Waals surface area (Å²) in [4.78, 5) is 0. The van der Waals surface area contributed by atoms with Gasteiger partial charge in [-0.2, -0.15) is 0 Å². The molecule has 1 unspecified atom stereocenters. The Kier molecular flexibility index (Phi) is 2.63.